The van der Waals surface area contributed by atoms with Crippen molar-refractivity contribution in [2.75, 3.05) is 20.1 Å². The summed E-state index contributed by atoms with van der Waals surface area (Å²) in [6.45, 7) is 4.42. The molecule has 15 heteroatoms. The zero-order valence-electron chi connectivity index (χ0n) is 30.3. The van der Waals surface area contributed by atoms with Crippen LogP contribution in [0.4, 0.5) is 9.59 Å². The summed E-state index contributed by atoms with van der Waals surface area (Å²) in [7, 11) is 1.64. The SMILES string of the molecule is CC(C)c1nc(CN(C)C(=O)NC(CCNCC(=O)O)C(=O)NC(CCC(Cc2ccccc2)NC(=O)OCc2cncs2)Cc2ccccc2)cs1. The molecule has 4 rings (SSSR count). The molecular weight excluding hydrogens is 715 g/mol. The average Bonchev–Trinajstić information content (AvgIpc) is 3.84. The van der Waals surface area contributed by atoms with Gasteiger partial charge in [0.2, 0.25) is 5.91 Å². The number of carbonyl (C=O) groups excluding carboxylic acids is 3. The van der Waals surface area contributed by atoms with Crippen molar-refractivity contribution >= 4 is 46.7 Å². The number of amides is 4. The molecule has 2 heterocycles. The number of carbonyl (C=O) groups is 4. The first-order chi connectivity index (χ1) is 25.5. The van der Waals surface area contributed by atoms with E-state index in [4.69, 9.17) is 9.84 Å². The number of hydrogen-bond acceptors (Lipinski definition) is 10. The Bertz CT molecular complexity index is 1710. The van der Waals surface area contributed by atoms with E-state index in [1.54, 1.807) is 30.1 Å². The number of nitrogens with one attached hydrogen (secondary N) is 4. The number of urea groups is 1. The third kappa shape index (κ3) is 15.0. The minimum atomic E-state index is -1.02. The molecule has 2 aromatic carbocycles. The Morgan fingerprint density at radius 1 is 0.868 bits per heavy atom. The van der Waals surface area contributed by atoms with Crippen molar-refractivity contribution in [2.45, 2.75) is 83.1 Å². The number of carboxylic acid groups (broad SMARTS) is 1. The van der Waals surface area contributed by atoms with Gasteiger partial charge < -0.3 is 36.0 Å². The topological polar surface area (TPSA) is 175 Å². The number of hydrogen-bond donors (Lipinski definition) is 5. The van der Waals surface area contributed by atoms with E-state index >= 15 is 0 Å². The van der Waals surface area contributed by atoms with Gasteiger partial charge in [0.1, 0.15) is 12.6 Å². The normalized spacial score (nSPS) is 12.8. The predicted octanol–water partition coefficient (Wildman–Crippen LogP) is 5.34. The maximum atomic E-state index is 14.0. The van der Waals surface area contributed by atoms with Crippen LogP contribution in [0, 0.1) is 0 Å². The summed E-state index contributed by atoms with van der Waals surface area (Å²) in [6, 6.07) is 17.6. The Hall–Kier alpha value is -4.86. The first-order valence-electron chi connectivity index (χ1n) is 17.6. The number of alkyl carbamates (subject to hydrolysis) is 1. The number of nitrogens with zero attached hydrogens (tertiary/aromatic N) is 3. The van der Waals surface area contributed by atoms with Crippen LogP contribution in [0.5, 0.6) is 0 Å². The highest BCUT2D eigenvalue weighted by Gasteiger charge is 2.26. The number of ether oxygens (including phenoxy) is 1. The molecule has 5 N–H and O–H groups in total. The van der Waals surface area contributed by atoms with Gasteiger partial charge in [-0.05, 0) is 49.8 Å². The number of rotatable bonds is 21. The molecule has 3 unspecified atom stereocenters. The van der Waals surface area contributed by atoms with E-state index in [1.165, 1.54) is 16.2 Å². The largest absolute Gasteiger partial charge is 0.480 e. The van der Waals surface area contributed by atoms with Gasteiger partial charge in [0.25, 0.3) is 0 Å². The second kappa shape index (κ2) is 21.6. The zero-order valence-corrected chi connectivity index (χ0v) is 32.0. The highest BCUT2D eigenvalue weighted by Crippen LogP contribution is 2.20. The average molecular weight is 764 g/mol. The van der Waals surface area contributed by atoms with Crippen LogP contribution >= 0.6 is 22.7 Å². The van der Waals surface area contributed by atoms with Crippen molar-refractivity contribution in [3.8, 4) is 0 Å². The molecule has 0 saturated carbocycles. The first kappa shape index (κ1) is 40.9. The Morgan fingerprint density at radius 3 is 2.08 bits per heavy atom. The molecule has 0 aliphatic heterocycles. The smallest absolute Gasteiger partial charge is 0.407 e. The molecule has 0 radical (unpaired) electrons. The van der Waals surface area contributed by atoms with Crippen LogP contribution in [0.15, 0.2) is 77.8 Å². The molecule has 4 aromatic rings. The summed E-state index contributed by atoms with van der Waals surface area (Å²) in [5.41, 5.74) is 4.50. The molecule has 0 aliphatic carbocycles. The van der Waals surface area contributed by atoms with Gasteiger partial charge in [-0.25, -0.2) is 14.6 Å². The van der Waals surface area contributed by atoms with Crippen molar-refractivity contribution < 1.29 is 29.0 Å². The van der Waals surface area contributed by atoms with Crippen LogP contribution in [-0.4, -0.2) is 82.2 Å². The molecule has 53 heavy (non-hydrogen) atoms. The maximum absolute atomic E-state index is 14.0. The lowest BCUT2D eigenvalue weighted by atomic mass is 9.95. The molecule has 0 saturated heterocycles. The standard InChI is InChI=1S/C38H49N7O6S2/c1-26(2)36-42-31(24-52-36)22-45(3)37(49)44-33(16-17-39-21-34(46)47)35(48)41-29(18-27-10-6-4-7-11-27)14-15-30(19-28-12-8-5-9-13-28)43-38(50)51-23-32-20-40-25-53-32/h4-13,20,24-26,29-30,33,39H,14-19,21-23H2,1-3H3,(H,41,48)(H,43,50)(H,44,49)(H,46,47). The summed E-state index contributed by atoms with van der Waals surface area (Å²) < 4.78 is 5.48. The molecule has 0 spiro atoms. The van der Waals surface area contributed by atoms with E-state index in [0.29, 0.717) is 25.7 Å². The fraction of sp³-hybridized carbons (Fsp3) is 0.421. The Kier molecular flexibility index (Phi) is 16.7. The molecule has 2 aromatic heterocycles. The van der Waals surface area contributed by atoms with Gasteiger partial charge in [0.15, 0.2) is 0 Å². The van der Waals surface area contributed by atoms with Crippen molar-refractivity contribution in [3.05, 3.63) is 104 Å². The van der Waals surface area contributed by atoms with Gasteiger partial charge >= 0.3 is 18.1 Å². The lowest BCUT2D eigenvalue weighted by Gasteiger charge is -2.27. The van der Waals surface area contributed by atoms with Crippen molar-refractivity contribution in [3.63, 3.8) is 0 Å². The highest BCUT2D eigenvalue weighted by atomic mass is 32.1. The summed E-state index contributed by atoms with van der Waals surface area (Å²) >= 11 is 2.95. The number of aromatic nitrogens is 2. The lowest BCUT2D eigenvalue weighted by molar-refractivity contribution is -0.135. The van der Waals surface area contributed by atoms with Crippen LogP contribution in [0.1, 0.15) is 65.7 Å². The summed E-state index contributed by atoms with van der Waals surface area (Å²) in [5.74, 6) is -1.14. The van der Waals surface area contributed by atoms with Crippen molar-refractivity contribution in [1.29, 1.82) is 0 Å². The van der Waals surface area contributed by atoms with E-state index in [0.717, 1.165) is 26.7 Å². The van der Waals surface area contributed by atoms with Crippen molar-refractivity contribution in [2.24, 2.45) is 0 Å². The Balaban J connectivity index is 1.46. The third-order valence-electron chi connectivity index (χ3n) is 8.32. The summed E-state index contributed by atoms with van der Waals surface area (Å²) in [6.07, 6.45) is 3.38. The fourth-order valence-corrected chi connectivity index (χ4v) is 6.89. The summed E-state index contributed by atoms with van der Waals surface area (Å²) in [4.78, 5) is 62.3. The van der Waals surface area contributed by atoms with Gasteiger partial charge in [-0.3, -0.25) is 14.6 Å². The van der Waals surface area contributed by atoms with Crippen LogP contribution in [0.3, 0.4) is 0 Å². The number of aliphatic carboxylic acids is 1. The van der Waals surface area contributed by atoms with E-state index in [9.17, 15) is 19.2 Å². The maximum Gasteiger partial charge on any atom is 0.407 e. The first-order valence-corrected chi connectivity index (χ1v) is 19.4. The molecule has 4 amide bonds. The van der Waals surface area contributed by atoms with E-state index in [2.05, 4.69) is 45.1 Å². The van der Waals surface area contributed by atoms with Crippen LogP contribution < -0.4 is 21.3 Å². The van der Waals surface area contributed by atoms with Crippen LogP contribution in [0.25, 0.3) is 0 Å². The molecular formula is C38H49N7O6S2. The third-order valence-corrected chi connectivity index (χ3v) is 10.3. The van der Waals surface area contributed by atoms with E-state index < -0.39 is 30.0 Å². The minimum absolute atomic E-state index is 0.119. The second-order valence-electron chi connectivity index (χ2n) is 13.1. The number of carboxylic acids is 1. The second-order valence-corrected chi connectivity index (χ2v) is 15.0. The van der Waals surface area contributed by atoms with Gasteiger partial charge in [0, 0.05) is 36.6 Å². The molecule has 13 nitrogen and oxygen atoms in total. The molecule has 0 bridgehead atoms. The minimum Gasteiger partial charge on any atom is -0.480 e. The van der Waals surface area contributed by atoms with Crippen LogP contribution in [0.2, 0.25) is 0 Å². The monoisotopic (exact) mass is 763 g/mol. The predicted molar refractivity (Wildman–Crippen MR) is 206 cm³/mol. The van der Waals surface area contributed by atoms with E-state index in [-0.39, 0.29) is 50.7 Å². The van der Waals surface area contributed by atoms with E-state index in [1.807, 2.05) is 66.0 Å². The van der Waals surface area contributed by atoms with Gasteiger partial charge in [-0.2, -0.15) is 0 Å². The molecule has 0 fully saturated rings. The number of thiazole rings is 2. The lowest BCUT2D eigenvalue weighted by Crippen LogP contribution is -2.53. The van der Waals surface area contributed by atoms with Gasteiger partial charge in [-0.1, -0.05) is 74.5 Å². The highest BCUT2D eigenvalue weighted by molar-refractivity contribution is 7.09. The fourth-order valence-electron chi connectivity index (χ4n) is 5.56. The zero-order chi connectivity index (χ0) is 38.0. The van der Waals surface area contributed by atoms with Gasteiger partial charge in [-0.15, -0.1) is 22.7 Å². The Morgan fingerprint density at radius 2 is 1.51 bits per heavy atom. The molecule has 284 valence electrons. The van der Waals surface area contributed by atoms with Gasteiger partial charge in [0.05, 0.1) is 34.2 Å². The van der Waals surface area contributed by atoms with Crippen molar-refractivity contribution in [1.82, 2.24) is 36.1 Å². The molecule has 0 aliphatic rings. The molecule has 3 atom stereocenters. The Labute approximate surface area is 318 Å². The van der Waals surface area contributed by atoms with Crippen LogP contribution in [-0.2, 0) is 40.3 Å². The summed E-state index contributed by atoms with van der Waals surface area (Å²) in [5, 5.41) is 23.9. The quantitative estimate of drug-likeness (QED) is 0.0702. The number of benzene rings is 2.